The minimum atomic E-state index is 0.310. The Hall–Kier alpha value is -0.770. The number of nitrogens with zero attached hydrogens (tertiary/aromatic N) is 1. The molecule has 2 rings (SSSR count). The average Bonchev–Trinajstić information content (AvgIpc) is 2.64. The van der Waals surface area contributed by atoms with E-state index in [-0.39, 0.29) is 0 Å². The van der Waals surface area contributed by atoms with Crippen LogP contribution in [0.1, 0.15) is 12.0 Å². The monoisotopic (exact) mass is 240 g/mol. The summed E-state index contributed by atoms with van der Waals surface area (Å²) in [6, 6.07) is 6.03. The SMILES string of the molecule is COc1ccc(Cl)cc1CN1CC[C@H](N)C1. The highest BCUT2D eigenvalue weighted by Crippen LogP contribution is 2.25. The Balaban J connectivity index is 2.10. The molecule has 4 heteroatoms. The van der Waals surface area contributed by atoms with Gasteiger partial charge < -0.3 is 10.5 Å². The second-order valence-corrected chi connectivity index (χ2v) is 4.68. The third-order valence-electron chi connectivity index (χ3n) is 2.95. The van der Waals surface area contributed by atoms with Crippen LogP contribution in [0.15, 0.2) is 18.2 Å². The maximum absolute atomic E-state index is 5.99. The molecule has 1 heterocycles. The average molecular weight is 241 g/mol. The quantitative estimate of drug-likeness (QED) is 0.877. The third kappa shape index (κ3) is 2.67. The lowest BCUT2D eigenvalue weighted by Crippen LogP contribution is -2.26. The van der Waals surface area contributed by atoms with E-state index in [0.717, 1.165) is 42.4 Å². The molecule has 16 heavy (non-hydrogen) atoms. The van der Waals surface area contributed by atoms with Crippen molar-refractivity contribution in [3.63, 3.8) is 0 Å². The van der Waals surface area contributed by atoms with Gasteiger partial charge in [0.05, 0.1) is 7.11 Å². The lowest BCUT2D eigenvalue weighted by Gasteiger charge is -2.17. The molecular weight excluding hydrogens is 224 g/mol. The lowest BCUT2D eigenvalue weighted by molar-refractivity contribution is 0.317. The van der Waals surface area contributed by atoms with Crippen LogP contribution in [0, 0.1) is 0 Å². The molecule has 88 valence electrons. The second-order valence-electron chi connectivity index (χ2n) is 4.24. The van der Waals surface area contributed by atoms with E-state index in [1.807, 2.05) is 18.2 Å². The summed E-state index contributed by atoms with van der Waals surface area (Å²) in [7, 11) is 1.68. The zero-order chi connectivity index (χ0) is 11.5. The predicted molar refractivity (Wildman–Crippen MR) is 65.9 cm³/mol. The van der Waals surface area contributed by atoms with Crippen molar-refractivity contribution < 1.29 is 4.74 Å². The molecule has 1 aromatic rings. The summed E-state index contributed by atoms with van der Waals surface area (Å²) in [5.41, 5.74) is 7.01. The van der Waals surface area contributed by atoms with Gasteiger partial charge in [0.15, 0.2) is 0 Å². The molecule has 1 aliphatic rings. The first-order chi connectivity index (χ1) is 7.69. The van der Waals surface area contributed by atoms with Gasteiger partial charge in [-0.2, -0.15) is 0 Å². The molecular formula is C12H17ClN2O. The molecule has 3 nitrogen and oxygen atoms in total. The summed E-state index contributed by atoms with van der Waals surface area (Å²) in [6.45, 7) is 2.87. The zero-order valence-electron chi connectivity index (χ0n) is 9.45. The molecule has 0 aromatic heterocycles. The summed E-state index contributed by atoms with van der Waals surface area (Å²) in [5, 5.41) is 0.749. The van der Waals surface area contributed by atoms with Crippen LogP contribution in [0.2, 0.25) is 5.02 Å². The number of likely N-dealkylation sites (tertiary alicyclic amines) is 1. The first kappa shape index (κ1) is 11.7. The van der Waals surface area contributed by atoms with E-state index < -0.39 is 0 Å². The fraction of sp³-hybridized carbons (Fsp3) is 0.500. The minimum absolute atomic E-state index is 0.310. The summed E-state index contributed by atoms with van der Waals surface area (Å²) in [4.78, 5) is 2.33. The molecule has 0 amide bonds. The third-order valence-corrected chi connectivity index (χ3v) is 3.18. The highest BCUT2D eigenvalue weighted by molar-refractivity contribution is 6.30. The topological polar surface area (TPSA) is 38.5 Å². The van der Waals surface area contributed by atoms with Crippen LogP contribution in [0.4, 0.5) is 0 Å². The molecule has 2 N–H and O–H groups in total. The largest absolute Gasteiger partial charge is 0.496 e. The van der Waals surface area contributed by atoms with Crippen LogP contribution in [-0.4, -0.2) is 31.1 Å². The minimum Gasteiger partial charge on any atom is -0.496 e. The van der Waals surface area contributed by atoms with Crippen LogP contribution in [0.5, 0.6) is 5.75 Å². The van der Waals surface area contributed by atoms with Crippen LogP contribution in [-0.2, 0) is 6.54 Å². The van der Waals surface area contributed by atoms with Crippen LogP contribution >= 0.6 is 11.6 Å². The van der Waals surface area contributed by atoms with Crippen molar-refractivity contribution in [2.24, 2.45) is 5.73 Å². The molecule has 1 saturated heterocycles. The van der Waals surface area contributed by atoms with E-state index >= 15 is 0 Å². The number of hydrogen-bond acceptors (Lipinski definition) is 3. The van der Waals surface area contributed by atoms with Gasteiger partial charge in [0.2, 0.25) is 0 Å². The first-order valence-corrected chi connectivity index (χ1v) is 5.87. The van der Waals surface area contributed by atoms with Gasteiger partial charge in [-0.05, 0) is 24.6 Å². The number of benzene rings is 1. The van der Waals surface area contributed by atoms with Gasteiger partial charge in [0.1, 0.15) is 5.75 Å². The van der Waals surface area contributed by atoms with E-state index in [2.05, 4.69) is 4.90 Å². The van der Waals surface area contributed by atoms with E-state index in [4.69, 9.17) is 22.1 Å². The van der Waals surface area contributed by atoms with Crippen molar-refractivity contribution in [3.8, 4) is 5.75 Å². The molecule has 0 saturated carbocycles. The number of methoxy groups -OCH3 is 1. The lowest BCUT2D eigenvalue weighted by atomic mass is 10.2. The summed E-state index contributed by atoms with van der Waals surface area (Å²) in [6.07, 6.45) is 1.07. The second kappa shape index (κ2) is 5.04. The Labute approximate surface area is 101 Å². The van der Waals surface area contributed by atoms with Crippen molar-refractivity contribution in [2.45, 2.75) is 19.0 Å². The highest BCUT2D eigenvalue weighted by atomic mass is 35.5. The van der Waals surface area contributed by atoms with Gasteiger partial charge in [0.25, 0.3) is 0 Å². The van der Waals surface area contributed by atoms with Crippen LogP contribution < -0.4 is 10.5 Å². The Morgan fingerprint density at radius 3 is 3.00 bits per heavy atom. The van der Waals surface area contributed by atoms with Gasteiger partial charge in [-0.15, -0.1) is 0 Å². The van der Waals surface area contributed by atoms with Crippen LogP contribution in [0.25, 0.3) is 0 Å². The van der Waals surface area contributed by atoms with Crippen molar-refractivity contribution in [1.29, 1.82) is 0 Å². The summed E-state index contributed by atoms with van der Waals surface area (Å²) >= 11 is 5.99. The Morgan fingerprint density at radius 1 is 1.56 bits per heavy atom. The van der Waals surface area contributed by atoms with Gasteiger partial charge in [-0.25, -0.2) is 0 Å². The zero-order valence-corrected chi connectivity index (χ0v) is 10.2. The van der Waals surface area contributed by atoms with Gasteiger partial charge in [-0.1, -0.05) is 11.6 Å². The van der Waals surface area contributed by atoms with E-state index in [0.29, 0.717) is 6.04 Å². The summed E-state index contributed by atoms with van der Waals surface area (Å²) in [5.74, 6) is 0.893. The van der Waals surface area contributed by atoms with Gasteiger partial charge >= 0.3 is 0 Å². The van der Waals surface area contributed by atoms with E-state index in [1.165, 1.54) is 0 Å². The molecule has 1 aliphatic heterocycles. The maximum atomic E-state index is 5.99. The molecule has 0 aliphatic carbocycles. The highest BCUT2D eigenvalue weighted by Gasteiger charge is 2.20. The molecule has 0 unspecified atom stereocenters. The van der Waals surface area contributed by atoms with Crippen molar-refractivity contribution in [2.75, 3.05) is 20.2 Å². The fourth-order valence-electron chi connectivity index (χ4n) is 2.12. The Bertz CT molecular complexity index is 370. The fourth-order valence-corrected chi connectivity index (χ4v) is 2.31. The molecule has 1 aromatic carbocycles. The van der Waals surface area contributed by atoms with E-state index in [1.54, 1.807) is 7.11 Å². The predicted octanol–water partition coefficient (Wildman–Crippen LogP) is 1.88. The smallest absolute Gasteiger partial charge is 0.123 e. The normalized spacial score (nSPS) is 21.3. The standard InChI is InChI=1S/C12H17ClN2O/c1-16-12-3-2-10(13)6-9(12)7-15-5-4-11(14)8-15/h2-3,6,11H,4-5,7-8,14H2,1H3/t11-/m0/s1. The van der Waals surface area contributed by atoms with Crippen molar-refractivity contribution in [3.05, 3.63) is 28.8 Å². The first-order valence-electron chi connectivity index (χ1n) is 5.49. The Morgan fingerprint density at radius 2 is 2.38 bits per heavy atom. The maximum Gasteiger partial charge on any atom is 0.123 e. The summed E-state index contributed by atoms with van der Waals surface area (Å²) < 4.78 is 5.32. The number of hydrogen-bond donors (Lipinski definition) is 1. The number of rotatable bonds is 3. The van der Waals surface area contributed by atoms with Crippen LogP contribution in [0.3, 0.4) is 0 Å². The molecule has 1 atom stereocenters. The number of ether oxygens (including phenoxy) is 1. The van der Waals surface area contributed by atoms with Crippen molar-refractivity contribution >= 4 is 11.6 Å². The Kier molecular flexibility index (Phi) is 3.69. The van der Waals surface area contributed by atoms with E-state index in [9.17, 15) is 0 Å². The number of halogens is 1. The van der Waals surface area contributed by atoms with Gasteiger partial charge in [-0.3, -0.25) is 4.90 Å². The molecule has 0 bridgehead atoms. The molecule has 0 radical (unpaired) electrons. The molecule has 1 fully saturated rings. The molecule has 0 spiro atoms. The van der Waals surface area contributed by atoms with Gasteiger partial charge in [0, 0.05) is 36.3 Å². The van der Waals surface area contributed by atoms with Crippen molar-refractivity contribution in [1.82, 2.24) is 4.90 Å². The number of nitrogens with two attached hydrogens (primary N) is 1.